The Labute approximate surface area is 179 Å². The fraction of sp³-hybridized carbons (Fsp3) is 0.0417. The summed E-state index contributed by atoms with van der Waals surface area (Å²) in [5.41, 5.74) is 1.05. The third-order valence-electron chi connectivity index (χ3n) is 5.47. The van der Waals surface area contributed by atoms with Crippen LogP contribution in [0.2, 0.25) is 0 Å². The molecule has 6 rings (SSSR count). The molecule has 31 heavy (non-hydrogen) atoms. The Kier molecular flexibility index (Phi) is 3.82. The van der Waals surface area contributed by atoms with Gasteiger partial charge in [0, 0.05) is 5.56 Å². The summed E-state index contributed by atoms with van der Waals surface area (Å²) < 4.78 is 21.7. The number of thiazole rings is 1. The molecule has 0 aliphatic carbocycles. The van der Waals surface area contributed by atoms with E-state index in [9.17, 15) is 14.0 Å². The number of rotatable bonds is 2. The molecule has 5 aromatic rings. The number of carbonyl (C=O) groups excluding carboxylic acids is 1. The maximum Gasteiger partial charge on any atom is 0.297 e. The summed E-state index contributed by atoms with van der Waals surface area (Å²) in [6.45, 7) is 0. The Hall–Kier alpha value is -3.84. The molecular weight excluding hydrogens is 415 g/mol. The van der Waals surface area contributed by atoms with E-state index in [1.807, 2.05) is 24.3 Å². The van der Waals surface area contributed by atoms with E-state index >= 15 is 0 Å². The van der Waals surface area contributed by atoms with Crippen molar-refractivity contribution >= 4 is 43.6 Å². The van der Waals surface area contributed by atoms with Crippen molar-refractivity contribution in [3.8, 4) is 0 Å². The maximum atomic E-state index is 14.9. The van der Waals surface area contributed by atoms with Crippen LogP contribution in [-0.2, 0) is 0 Å². The van der Waals surface area contributed by atoms with Gasteiger partial charge >= 0.3 is 0 Å². The van der Waals surface area contributed by atoms with Crippen molar-refractivity contribution < 1.29 is 13.6 Å². The van der Waals surface area contributed by atoms with Gasteiger partial charge in [0.1, 0.15) is 17.4 Å². The molecule has 1 aliphatic heterocycles. The van der Waals surface area contributed by atoms with Crippen molar-refractivity contribution in [2.45, 2.75) is 6.04 Å². The molecule has 3 heterocycles. The van der Waals surface area contributed by atoms with E-state index in [1.54, 1.807) is 42.5 Å². The first-order valence-corrected chi connectivity index (χ1v) is 10.4. The summed E-state index contributed by atoms with van der Waals surface area (Å²) in [6, 6.07) is 19.4. The summed E-state index contributed by atoms with van der Waals surface area (Å²) in [4.78, 5) is 32.9. The molecule has 0 radical (unpaired) electrons. The van der Waals surface area contributed by atoms with Crippen molar-refractivity contribution in [1.82, 2.24) is 4.98 Å². The zero-order chi connectivity index (χ0) is 21.1. The molecular formula is C24H13FN2O3S. The topological polar surface area (TPSA) is 63.4 Å². The van der Waals surface area contributed by atoms with Gasteiger partial charge in [0.15, 0.2) is 10.6 Å². The lowest BCUT2D eigenvalue weighted by Gasteiger charge is -2.22. The fourth-order valence-corrected chi connectivity index (χ4v) is 5.06. The second-order valence-corrected chi connectivity index (χ2v) is 8.24. The van der Waals surface area contributed by atoms with Gasteiger partial charge in [-0.1, -0.05) is 53.8 Å². The SMILES string of the molecule is O=C1c2oc3ccccc3c(=O)c2[C@H](c2ccccc2F)N1c1nc2ccccc2s1. The van der Waals surface area contributed by atoms with Gasteiger partial charge in [0.2, 0.25) is 5.76 Å². The highest BCUT2D eigenvalue weighted by Crippen LogP contribution is 2.44. The largest absolute Gasteiger partial charge is 0.450 e. The van der Waals surface area contributed by atoms with Gasteiger partial charge in [0.05, 0.1) is 21.2 Å². The molecule has 0 N–H and O–H groups in total. The number of hydrogen-bond donors (Lipinski definition) is 0. The third-order valence-corrected chi connectivity index (χ3v) is 6.50. The Morgan fingerprint density at radius 2 is 1.68 bits per heavy atom. The van der Waals surface area contributed by atoms with E-state index < -0.39 is 17.8 Å². The molecule has 150 valence electrons. The van der Waals surface area contributed by atoms with E-state index in [0.717, 1.165) is 10.2 Å². The molecule has 0 fully saturated rings. The number of benzene rings is 3. The summed E-state index contributed by atoms with van der Waals surface area (Å²) in [5, 5.41) is 0.732. The van der Waals surface area contributed by atoms with E-state index in [2.05, 4.69) is 4.98 Å². The highest BCUT2D eigenvalue weighted by Gasteiger charge is 2.45. The van der Waals surface area contributed by atoms with Crippen molar-refractivity contribution in [3.63, 3.8) is 0 Å². The van der Waals surface area contributed by atoms with E-state index in [1.165, 1.54) is 22.3 Å². The van der Waals surface area contributed by atoms with E-state index in [4.69, 9.17) is 4.42 Å². The predicted molar refractivity (Wildman–Crippen MR) is 117 cm³/mol. The van der Waals surface area contributed by atoms with Crippen molar-refractivity contribution in [2.75, 3.05) is 4.90 Å². The molecule has 0 saturated heterocycles. The van der Waals surface area contributed by atoms with Crippen LogP contribution >= 0.6 is 11.3 Å². The molecule has 0 spiro atoms. The second-order valence-electron chi connectivity index (χ2n) is 7.23. The lowest BCUT2D eigenvalue weighted by molar-refractivity contribution is 0.0971. The number of nitrogens with zero attached hydrogens (tertiary/aromatic N) is 2. The molecule has 1 amide bonds. The maximum absolute atomic E-state index is 14.9. The van der Waals surface area contributed by atoms with E-state index in [-0.39, 0.29) is 22.3 Å². The number of anilines is 1. The van der Waals surface area contributed by atoms with Crippen LogP contribution < -0.4 is 10.3 Å². The van der Waals surface area contributed by atoms with Crippen LogP contribution in [0, 0.1) is 5.82 Å². The monoisotopic (exact) mass is 428 g/mol. The van der Waals surface area contributed by atoms with E-state index in [0.29, 0.717) is 16.1 Å². The molecule has 2 aromatic heterocycles. The van der Waals surface area contributed by atoms with Crippen LogP contribution in [0.5, 0.6) is 0 Å². The van der Waals surface area contributed by atoms with Crippen LogP contribution in [0.15, 0.2) is 82.0 Å². The average molecular weight is 428 g/mol. The van der Waals surface area contributed by atoms with Crippen molar-refractivity contribution in [1.29, 1.82) is 0 Å². The molecule has 0 saturated carbocycles. The smallest absolute Gasteiger partial charge is 0.297 e. The van der Waals surface area contributed by atoms with Gasteiger partial charge < -0.3 is 4.42 Å². The van der Waals surface area contributed by atoms with Crippen LogP contribution in [-0.4, -0.2) is 10.9 Å². The second kappa shape index (κ2) is 6.58. The summed E-state index contributed by atoms with van der Waals surface area (Å²) in [7, 11) is 0. The molecule has 1 aliphatic rings. The molecule has 3 aromatic carbocycles. The number of para-hydroxylation sites is 2. The highest BCUT2D eigenvalue weighted by atomic mass is 32.1. The fourth-order valence-electron chi connectivity index (χ4n) is 4.07. The quantitative estimate of drug-likeness (QED) is 0.383. The number of fused-ring (bicyclic) bond motifs is 3. The lowest BCUT2D eigenvalue weighted by Crippen LogP contribution is -2.30. The summed E-state index contributed by atoms with van der Waals surface area (Å²) in [6.07, 6.45) is 0. The summed E-state index contributed by atoms with van der Waals surface area (Å²) >= 11 is 1.31. The minimum absolute atomic E-state index is 0.0730. The third kappa shape index (κ3) is 2.56. The minimum Gasteiger partial charge on any atom is -0.450 e. The first-order valence-electron chi connectivity index (χ1n) is 9.63. The van der Waals surface area contributed by atoms with Crippen molar-refractivity contribution in [2.24, 2.45) is 0 Å². The average Bonchev–Trinajstić information content (AvgIpc) is 3.33. The van der Waals surface area contributed by atoms with Gasteiger partial charge in [0.25, 0.3) is 5.91 Å². The first kappa shape index (κ1) is 18.0. The number of aromatic nitrogens is 1. The standard InChI is InChI=1S/C24H13FN2O3S/c25-15-9-3-1-7-13(15)20-19-21(28)14-8-2-5-11-17(14)30-22(19)23(29)27(20)24-26-16-10-4-6-12-18(16)31-24/h1-12,20H/t20-/m0/s1. The number of halogens is 1. The molecule has 1 atom stereocenters. The lowest BCUT2D eigenvalue weighted by atomic mass is 9.98. The van der Waals surface area contributed by atoms with Crippen LogP contribution in [0.1, 0.15) is 27.7 Å². The Balaban J connectivity index is 1.68. The van der Waals surface area contributed by atoms with Gasteiger partial charge in [-0.25, -0.2) is 9.37 Å². The minimum atomic E-state index is -0.967. The van der Waals surface area contributed by atoms with Gasteiger partial charge in [-0.2, -0.15) is 0 Å². The molecule has 0 bridgehead atoms. The molecule has 0 unspecified atom stereocenters. The van der Waals surface area contributed by atoms with Gasteiger partial charge in [-0.3, -0.25) is 14.5 Å². The van der Waals surface area contributed by atoms with Crippen LogP contribution in [0.3, 0.4) is 0 Å². The highest BCUT2D eigenvalue weighted by molar-refractivity contribution is 7.22. The summed E-state index contributed by atoms with van der Waals surface area (Å²) in [5.74, 6) is -1.09. The van der Waals surface area contributed by atoms with Crippen LogP contribution in [0.4, 0.5) is 9.52 Å². The van der Waals surface area contributed by atoms with Crippen molar-refractivity contribution in [3.05, 3.63) is 106 Å². The Bertz CT molecular complexity index is 1540. The number of amides is 1. The van der Waals surface area contributed by atoms with Gasteiger partial charge in [-0.05, 0) is 30.3 Å². The Morgan fingerprint density at radius 1 is 0.935 bits per heavy atom. The number of hydrogen-bond acceptors (Lipinski definition) is 5. The zero-order valence-corrected chi connectivity index (χ0v) is 16.7. The van der Waals surface area contributed by atoms with Gasteiger partial charge in [-0.15, -0.1) is 0 Å². The normalized spacial score (nSPS) is 15.7. The predicted octanol–water partition coefficient (Wildman–Crippen LogP) is 5.29. The number of carbonyl (C=O) groups is 1. The molecule has 5 nitrogen and oxygen atoms in total. The first-order chi connectivity index (χ1) is 15.1. The Morgan fingerprint density at radius 3 is 2.52 bits per heavy atom. The van der Waals surface area contributed by atoms with Crippen LogP contribution in [0.25, 0.3) is 21.2 Å². The molecule has 7 heteroatoms. The zero-order valence-electron chi connectivity index (χ0n) is 15.9.